The van der Waals surface area contributed by atoms with Crippen LogP contribution in [0.1, 0.15) is 11.3 Å². The average molecular weight is 385 g/mol. The largest absolute Gasteiger partial charge is 0.433 e. The summed E-state index contributed by atoms with van der Waals surface area (Å²) in [4.78, 5) is 18.4. The highest BCUT2D eigenvalue weighted by atomic mass is 19.4. The summed E-state index contributed by atoms with van der Waals surface area (Å²) in [6, 6.07) is 8.46. The van der Waals surface area contributed by atoms with E-state index in [-0.39, 0.29) is 18.0 Å². The highest BCUT2D eigenvalue weighted by Crippen LogP contribution is 2.31. The Labute approximate surface area is 157 Å². The van der Waals surface area contributed by atoms with Crippen molar-refractivity contribution in [2.45, 2.75) is 12.7 Å². The number of nitriles is 1. The minimum atomic E-state index is -4.54. The lowest BCUT2D eigenvalue weighted by Crippen LogP contribution is -2.47. The Morgan fingerprint density at radius 2 is 1.89 bits per heavy atom. The summed E-state index contributed by atoms with van der Waals surface area (Å²) in [6.07, 6.45) is -1.84. The summed E-state index contributed by atoms with van der Waals surface area (Å²) < 4.78 is 39.5. The zero-order valence-corrected chi connectivity index (χ0v) is 14.5. The number of nitrogens with zero attached hydrogens (tertiary/aromatic N) is 6. The minimum absolute atomic E-state index is 0.0145. The first-order chi connectivity index (χ1) is 13.5. The fourth-order valence-electron chi connectivity index (χ4n) is 2.97. The summed E-state index contributed by atoms with van der Waals surface area (Å²) in [7, 11) is 0. The van der Waals surface area contributed by atoms with E-state index in [1.54, 1.807) is 18.3 Å². The standard InChI is InChI=1S/C18H14F3N7/c19-18(20,21)14-12(3-1-5-23-14)8-25-16-13-4-2-6-24-15(13)26-17(27-16)28-9-11(7-22)10-28/h1-6,11H,8-10H2,(H,24,25,26,27). The van der Waals surface area contributed by atoms with Gasteiger partial charge in [-0.15, -0.1) is 0 Å². The predicted octanol–water partition coefficient (Wildman–Crippen LogP) is 3.01. The Kier molecular flexibility index (Phi) is 4.43. The van der Waals surface area contributed by atoms with Crippen molar-refractivity contribution < 1.29 is 13.2 Å². The third-order valence-corrected chi connectivity index (χ3v) is 4.41. The van der Waals surface area contributed by atoms with Crippen LogP contribution in [0.4, 0.5) is 24.9 Å². The predicted molar refractivity (Wildman–Crippen MR) is 95.2 cm³/mol. The molecule has 0 aromatic carbocycles. The molecule has 4 rings (SSSR count). The van der Waals surface area contributed by atoms with Crippen molar-refractivity contribution in [1.82, 2.24) is 19.9 Å². The Morgan fingerprint density at radius 3 is 2.64 bits per heavy atom. The molecule has 0 bridgehead atoms. The normalized spacial score (nSPS) is 14.6. The van der Waals surface area contributed by atoms with Crippen molar-refractivity contribution in [2.75, 3.05) is 23.3 Å². The highest BCUT2D eigenvalue weighted by molar-refractivity contribution is 5.87. The molecule has 0 saturated carbocycles. The van der Waals surface area contributed by atoms with E-state index in [0.29, 0.717) is 35.9 Å². The first-order valence-electron chi connectivity index (χ1n) is 8.48. The summed E-state index contributed by atoms with van der Waals surface area (Å²) in [5.41, 5.74) is -0.489. The Bertz CT molecular complexity index is 1050. The maximum absolute atomic E-state index is 13.2. The van der Waals surface area contributed by atoms with Gasteiger partial charge in [-0.1, -0.05) is 6.07 Å². The first-order valence-corrected chi connectivity index (χ1v) is 8.48. The number of rotatable bonds is 4. The van der Waals surface area contributed by atoms with Crippen LogP contribution in [-0.4, -0.2) is 33.0 Å². The number of aromatic nitrogens is 4. The number of hydrogen-bond donors (Lipinski definition) is 1. The fraction of sp³-hybridized carbons (Fsp3) is 0.278. The molecule has 3 aromatic rings. The molecule has 1 fully saturated rings. The highest BCUT2D eigenvalue weighted by Gasteiger charge is 2.35. The van der Waals surface area contributed by atoms with Gasteiger partial charge in [-0.05, 0) is 18.2 Å². The molecule has 1 saturated heterocycles. The number of halogens is 3. The van der Waals surface area contributed by atoms with Crippen molar-refractivity contribution >= 4 is 22.8 Å². The van der Waals surface area contributed by atoms with E-state index in [0.717, 1.165) is 6.20 Å². The number of hydrogen-bond acceptors (Lipinski definition) is 7. The summed E-state index contributed by atoms with van der Waals surface area (Å²) in [6.45, 7) is 0.911. The number of alkyl halides is 3. The summed E-state index contributed by atoms with van der Waals surface area (Å²) >= 11 is 0. The lowest BCUT2D eigenvalue weighted by molar-refractivity contribution is -0.141. The SMILES string of the molecule is N#CC1CN(c2nc(NCc3cccnc3C(F)(F)F)c3cccnc3n2)C1. The lowest BCUT2D eigenvalue weighted by Gasteiger charge is -2.35. The molecule has 142 valence electrons. The summed E-state index contributed by atoms with van der Waals surface area (Å²) in [5.74, 6) is 0.692. The van der Waals surface area contributed by atoms with Gasteiger partial charge in [0.05, 0.1) is 17.4 Å². The number of fused-ring (bicyclic) bond motifs is 1. The van der Waals surface area contributed by atoms with Gasteiger partial charge in [0.1, 0.15) is 11.5 Å². The van der Waals surface area contributed by atoms with Crippen LogP contribution >= 0.6 is 0 Å². The Hall–Kier alpha value is -3.48. The van der Waals surface area contributed by atoms with Crippen LogP contribution in [0.25, 0.3) is 11.0 Å². The smallest absolute Gasteiger partial charge is 0.365 e. The summed E-state index contributed by atoms with van der Waals surface area (Å²) in [5, 5.41) is 12.5. The van der Waals surface area contributed by atoms with Gasteiger partial charge in [-0.3, -0.25) is 4.98 Å². The van der Waals surface area contributed by atoms with Gasteiger partial charge in [0.2, 0.25) is 5.95 Å². The van der Waals surface area contributed by atoms with Crippen LogP contribution in [0.15, 0.2) is 36.7 Å². The van der Waals surface area contributed by atoms with Crippen molar-refractivity contribution in [3.05, 3.63) is 47.9 Å². The van der Waals surface area contributed by atoms with Crippen molar-refractivity contribution in [3.8, 4) is 6.07 Å². The zero-order chi connectivity index (χ0) is 19.7. The van der Waals surface area contributed by atoms with E-state index in [1.807, 2.05) is 4.90 Å². The van der Waals surface area contributed by atoms with E-state index < -0.39 is 11.9 Å². The third kappa shape index (κ3) is 3.38. The van der Waals surface area contributed by atoms with Crippen molar-refractivity contribution in [1.29, 1.82) is 5.26 Å². The van der Waals surface area contributed by atoms with E-state index in [9.17, 15) is 13.2 Å². The average Bonchev–Trinajstić information content (AvgIpc) is 2.65. The molecule has 1 N–H and O–H groups in total. The number of nitrogens with one attached hydrogen (secondary N) is 1. The van der Waals surface area contributed by atoms with Gasteiger partial charge in [0.15, 0.2) is 5.65 Å². The molecule has 0 unspecified atom stereocenters. The molecule has 0 spiro atoms. The van der Waals surface area contributed by atoms with E-state index >= 15 is 0 Å². The molecule has 10 heteroatoms. The van der Waals surface area contributed by atoms with Gasteiger partial charge in [0.25, 0.3) is 0 Å². The molecule has 0 radical (unpaired) electrons. The monoisotopic (exact) mass is 385 g/mol. The molecule has 1 aliphatic rings. The van der Waals surface area contributed by atoms with Crippen molar-refractivity contribution in [2.24, 2.45) is 5.92 Å². The van der Waals surface area contributed by atoms with Gasteiger partial charge in [-0.25, -0.2) is 4.98 Å². The maximum Gasteiger partial charge on any atom is 0.433 e. The minimum Gasteiger partial charge on any atom is -0.365 e. The van der Waals surface area contributed by atoms with Crippen LogP contribution in [0, 0.1) is 17.2 Å². The fourth-order valence-corrected chi connectivity index (χ4v) is 2.97. The van der Waals surface area contributed by atoms with E-state index in [4.69, 9.17) is 5.26 Å². The molecule has 1 aliphatic heterocycles. The Balaban J connectivity index is 1.65. The van der Waals surface area contributed by atoms with Crippen LogP contribution in [-0.2, 0) is 12.7 Å². The van der Waals surface area contributed by atoms with Gasteiger partial charge >= 0.3 is 6.18 Å². The molecular formula is C18H14F3N7. The van der Waals surface area contributed by atoms with E-state index in [1.165, 1.54) is 12.1 Å². The maximum atomic E-state index is 13.2. The first kappa shape index (κ1) is 17.9. The molecule has 28 heavy (non-hydrogen) atoms. The van der Waals surface area contributed by atoms with E-state index in [2.05, 4.69) is 31.3 Å². The number of pyridine rings is 2. The van der Waals surface area contributed by atoms with Gasteiger partial charge in [-0.2, -0.15) is 28.4 Å². The van der Waals surface area contributed by atoms with Crippen LogP contribution in [0.3, 0.4) is 0 Å². The molecule has 7 nitrogen and oxygen atoms in total. The lowest BCUT2D eigenvalue weighted by atomic mass is 10.0. The second-order valence-corrected chi connectivity index (χ2v) is 6.34. The van der Waals surface area contributed by atoms with Crippen molar-refractivity contribution in [3.63, 3.8) is 0 Å². The molecule has 0 amide bonds. The molecule has 0 atom stereocenters. The van der Waals surface area contributed by atoms with Gasteiger partial charge in [0, 0.05) is 37.6 Å². The Morgan fingerprint density at radius 1 is 1.14 bits per heavy atom. The van der Waals surface area contributed by atoms with Crippen LogP contribution in [0.5, 0.6) is 0 Å². The molecular weight excluding hydrogens is 371 g/mol. The molecule has 4 heterocycles. The second kappa shape index (κ2) is 6.92. The molecule has 3 aromatic heterocycles. The zero-order valence-electron chi connectivity index (χ0n) is 14.5. The van der Waals surface area contributed by atoms with Crippen LogP contribution < -0.4 is 10.2 Å². The van der Waals surface area contributed by atoms with Crippen LogP contribution in [0.2, 0.25) is 0 Å². The van der Waals surface area contributed by atoms with Gasteiger partial charge < -0.3 is 10.2 Å². The molecule has 0 aliphatic carbocycles. The quantitative estimate of drug-likeness (QED) is 0.738. The topological polar surface area (TPSA) is 90.6 Å². The number of anilines is 2. The second-order valence-electron chi connectivity index (χ2n) is 6.34. The third-order valence-electron chi connectivity index (χ3n) is 4.41.